The zero-order chi connectivity index (χ0) is 13.1. The number of hydrazine groups is 1. The smallest absolute Gasteiger partial charge is 0.240 e. The van der Waals surface area contributed by atoms with Crippen molar-refractivity contribution in [3.63, 3.8) is 0 Å². The van der Waals surface area contributed by atoms with E-state index < -0.39 is 5.82 Å². The van der Waals surface area contributed by atoms with Crippen LogP contribution in [0.1, 0.15) is 5.69 Å². The van der Waals surface area contributed by atoms with Crippen molar-refractivity contribution in [1.29, 1.82) is 0 Å². The number of ether oxygens (including phenoxy) is 1. The second-order valence-corrected chi connectivity index (χ2v) is 4.41. The number of hydrogen-bond donors (Lipinski definition) is 2. The Morgan fingerprint density at radius 3 is 2.78 bits per heavy atom. The summed E-state index contributed by atoms with van der Waals surface area (Å²) in [5, 5.41) is 0. The summed E-state index contributed by atoms with van der Waals surface area (Å²) in [5.41, 5.74) is 2.97. The van der Waals surface area contributed by atoms with E-state index in [0.29, 0.717) is 10.2 Å². The number of rotatable bonds is 3. The maximum Gasteiger partial charge on any atom is 0.240 e. The molecule has 1 heterocycles. The summed E-state index contributed by atoms with van der Waals surface area (Å²) in [7, 11) is 0. The Kier molecular flexibility index (Phi) is 3.73. The van der Waals surface area contributed by atoms with E-state index in [9.17, 15) is 4.39 Å². The highest BCUT2D eigenvalue weighted by Crippen LogP contribution is 2.26. The molecular weight excluding hydrogens is 303 g/mol. The van der Waals surface area contributed by atoms with Crippen LogP contribution in [0.2, 0.25) is 0 Å². The summed E-state index contributed by atoms with van der Waals surface area (Å²) in [5.74, 6) is 5.25. The van der Waals surface area contributed by atoms with Gasteiger partial charge in [0.25, 0.3) is 0 Å². The fourth-order valence-corrected chi connectivity index (χ4v) is 1.66. The van der Waals surface area contributed by atoms with Crippen molar-refractivity contribution in [2.45, 2.75) is 6.92 Å². The van der Waals surface area contributed by atoms with Gasteiger partial charge in [0, 0.05) is 16.2 Å². The van der Waals surface area contributed by atoms with E-state index >= 15 is 0 Å². The molecule has 0 spiro atoms. The van der Waals surface area contributed by atoms with Crippen LogP contribution in [0.5, 0.6) is 11.6 Å². The van der Waals surface area contributed by atoms with E-state index in [1.807, 2.05) is 0 Å². The van der Waals surface area contributed by atoms with Gasteiger partial charge in [-0.2, -0.15) is 4.98 Å². The molecule has 3 N–H and O–H groups in total. The Balaban J connectivity index is 2.30. The number of anilines is 1. The van der Waals surface area contributed by atoms with Crippen LogP contribution in [0, 0.1) is 12.7 Å². The normalized spacial score (nSPS) is 10.2. The van der Waals surface area contributed by atoms with Crippen molar-refractivity contribution in [3.05, 3.63) is 40.2 Å². The van der Waals surface area contributed by atoms with Gasteiger partial charge in [0.15, 0.2) is 11.6 Å². The summed E-state index contributed by atoms with van der Waals surface area (Å²) in [6, 6.07) is 6.08. The first-order valence-corrected chi connectivity index (χ1v) is 5.83. The first kappa shape index (κ1) is 12.7. The van der Waals surface area contributed by atoms with Gasteiger partial charge >= 0.3 is 0 Å². The molecule has 1 aromatic heterocycles. The molecule has 0 saturated heterocycles. The van der Waals surface area contributed by atoms with Crippen LogP contribution in [0.4, 0.5) is 10.3 Å². The Morgan fingerprint density at radius 2 is 2.11 bits per heavy atom. The molecular formula is C11H10BrFN4O. The molecule has 2 rings (SSSR count). The lowest BCUT2D eigenvalue weighted by molar-refractivity contribution is 0.426. The predicted octanol–water partition coefficient (Wildman–Crippen LogP) is 2.76. The van der Waals surface area contributed by atoms with Gasteiger partial charge in [0.2, 0.25) is 11.8 Å². The summed E-state index contributed by atoms with van der Waals surface area (Å²) in [4.78, 5) is 7.97. The number of hydrogen-bond acceptors (Lipinski definition) is 5. The molecule has 7 heteroatoms. The minimum absolute atomic E-state index is 0.0827. The van der Waals surface area contributed by atoms with E-state index in [2.05, 4.69) is 31.3 Å². The third kappa shape index (κ3) is 2.93. The largest absolute Gasteiger partial charge is 0.436 e. The second kappa shape index (κ2) is 5.28. The van der Waals surface area contributed by atoms with Crippen molar-refractivity contribution in [2.75, 3.05) is 5.43 Å². The van der Waals surface area contributed by atoms with Gasteiger partial charge in [0.1, 0.15) is 0 Å². The van der Waals surface area contributed by atoms with Gasteiger partial charge in [0.05, 0.1) is 0 Å². The van der Waals surface area contributed by atoms with Gasteiger partial charge < -0.3 is 4.74 Å². The van der Waals surface area contributed by atoms with E-state index in [1.165, 1.54) is 12.1 Å². The molecule has 5 nitrogen and oxygen atoms in total. The maximum absolute atomic E-state index is 13.6. The minimum atomic E-state index is -0.483. The number of nitrogen functional groups attached to an aromatic ring is 1. The van der Waals surface area contributed by atoms with Crippen LogP contribution in [0.25, 0.3) is 0 Å². The van der Waals surface area contributed by atoms with E-state index in [-0.39, 0.29) is 17.6 Å². The Bertz CT molecular complexity index is 579. The zero-order valence-corrected chi connectivity index (χ0v) is 11.0. The molecule has 0 amide bonds. The first-order valence-electron chi connectivity index (χ1n) is 5.03. The van der Waals surface area contributed by atoms with Crippen LogP contribution in [0.3, 0.4) is 0 Å². The van der Waals surface area contributed by atoms with Crippen molar-refractivity contribution < 1.29 is 9.13 Å². The van der Waals surface area contributed by atoms with Crippen LogP contribution < -0.4 is 16.0 Å². The highest BCUT2D eigenvalue weighted by atomic mass is 79.9. The minimum Gasteiger partial charge on any atom is -0.436 e. The van der Waals surface area contributed by atoms with Gasteiger partial charge in [-0.15, -0.1) is 0 Å². The number of aromatic nitrogens is 2. The van der Waals surface area contributed by atoms with Gasteiger partial charge in [-0.1, -0.05) is 15.9 Å². The van der Waals surface area contributed by atoms with Gasteiger partial charge in [-0.25, -0.2) is 15.2 Å². The van der Waals surface area contributed by atoms with Gasteiger partial charge in [-0.3, -0.25) is 5.43 Å². The van der Waals surface area contributed by atoms with Gasteiger partial charge in [-0.05, 0) is 25.1 Å². The first-order chi connectivity index (χ1) is 8.58. The van der Waals surface area contributed by atoms with E-state index in [4.69, 9.17) is 10.6 Å². The molecule has 0 bridgehead atoms. The quantitative estimate of drug-likeness (QED) is 0.673. The van der Waals surface area contributed by atoms with E-state index in [1.54, 1.807) is 19.1 Å². The van der Waals surface area contributed by atoms with Crippen molar-refractivity contribution in [2.24, 2.45) is 5.84 Å². The Hall–Kier alpha value is -1.73. The summed E-state index contributed by atoms with van der Waals surface area (Å²) in [6.07, 6.45) is 0. The number of aryl methyl sites for hydroxylation is 1. The lowest BCUT2D eigenvalue weighted by atomic mass is 10.3. The number of nitrogens with two attached hydrogens (primary N) is 1. The number of nitrogens with zero attached hydrogens (tertiary/aromatic N) is 2. The molecule has 0 radical (unpaired) electrons. The lowest BCUT2D eigenvalue weighted by Crippen LogP contribution is -2.11. The molecule has 1 aromatic carbocycles. The van der Waals surface area contributed by atoms with Crippen molar-refractivity contribution in [1.82, 2.24) is 9.97 Å². The van der Waals surface area contributed by atoms with Crippen molar-refractivity contribution >= 4 is 21.9 Å². The molecule has 0 atom stereocenters. The molecule has 0 aliphatic heterocycles. The SMILES string of the molecule is Cc1cc(Oc2ccc(Br)cc2F)nc(NN)n1. The number of halogens is 2. The second-order valence-electron chi connectivity index (χ2n) is 3.49. The Morgan fingerprint density at radius 1 is 1.33 bits per heavy atom. The van der Waals surface area contributed by atoms with E-state index in [0.717, 1.165) is 0 Å². The third-order valence-corrected chi connectivity index (χ3v) is 2.56. The molecule has 0 unspecified atom stereocenters. The van der Waals surface area contributed by atoms with Crippen LogP contribution in [0.15, 0.2) is 28.7 Å². The predicted molar refractivity (Wildman–Crippen MR) is 68.8 cm³/mol. The van der Waals surface area contributed by atoms with Crippen LogP contribution >= 0.6 is 15.9 Å². The monoisotopic (exact) mass is 312 g/mol. The fraction of sp³-hybridized carbons (Fsp3) is 0.0909. The summed E-state index contributed by atoms with van der Waals surface area (Å²) < 4.78 is 19.6. The molecule has 0 aliphatic carbocycles. The van der Waals surface area contributed by atoms with Crippen LogP contribution in [-0.2, 0) is 0 Å². The summed E-state index contributed by atoms with van der Waals surface area (Å²) >= 11 is 3.17. The lowest BCUT2D eigenvalue weighted by Gasteiger charge is -2.08. The molecule has 18 heavy (non-hydrogen) atoms. The topological polar surface area (TPSA) is 73.1 Å². The molecule has 2 aromatic rings. The fourth-order valence-electron chi connectivity index (χ4n) is 1.33. The average molecular weight is 313 g/mol. The highest BCUT2D eigenvalue weighted by molar-refractivity contribution is 9.10. The molecule has 0 fully saturated rings. The highest BCUT2D eigenvalue weighted by Gasteiger charge is 2.08. The standard InChI is InChI=1S/C11H10BrFN4O/c1-6-4-10(16-11(15-6)17-14)18-9-3-2-7(12)5-8(9)13/h2-5H,14H2,1H3,(H,15,16,17). The molecule has 0 aliphatic rings. The maximum atomic E-state index is 13.6. The molecule has 0 saturated carbocycles. The van der Waals surface area contributed by atoms with Crippen LogP contribution in [-0.4, -0.2) is 9.97 Å². The Labute approximate surface area is 111 Å². The average Bonchev–Trinajstić information content (AvgIpc) is 2.32. The third-order valence-electron chi connectivity index (χ3n) is 2.07. The number of nitrogens with one attached hydrogen (secondary N) is 1. The number of benzene rings is 1. The van der Waals surface area contributed by atoms with Crippen molar-refractivity contribution in [3.8, 4) is 11.6 Å². The molecule has 94 valence electrons. The zero-order valence-electron chi connectivity index (χ0n) is 9.45. The summed E-state index contributed by atoms with van der Waals surface area (Å²) in [6.45, 7) is 1.76.